The van der Waals surface area contributed by atoms with Crippen molar-refractivity contribution in [3.63, 3.8) is 0 Å². The van der Waals surface area contributed by atoms with E-state index in [1.54, 1.807) is 17.1 Å². The molecule has 0 unspecified atom stereocenters. The Balaban J connectivity index is 1.76. The van der Waals surface area contributed by atoms with Gasteiger partial charge in [0, 0.05) is 18.2 Å². The van der Waals surface area contributed by atoms with Crippen LogP contribution >= 0.6 is 0 Å². The van der Waals surface area contributed by atoms with E-state index in [1.165, 1.54) is 24.3 Å². The molecule has 3 rings (SSSR count). The standard InChI is InChI=1S/C26H31F3N2O4/c1-25(2,3)20-10-12-21(13-11-20)31(30-16-17-4-6-19(7-5-17)24(33)34)23(32)18-8-14-22(15-9-18)35-26(27,28)29/h4-9,14-15,20-21,30H,10-13,16H2,1-3H3,(H,33,34). The van der Waals surface area contributed by atoms with Crippen molar-refractivity contribution < 1.29 is 32.6 Å². The maximum absolute atomic E-state index is 13.4. The molecule has 1 fully saturated rings. The topological polar surface area (TPSA) is 78.9 Å². The number of amides is 1. The fourth-order valence-corrected chi connectivity index (χ4v) is 4.45. The van der Waals surface area contributed by atoms with Crippen LogP contribution < -0.4 is 10.2 Å². The SMILES string of the molecule is CC(C)(C)C1CCC(N(NCc2ccc(C(=O)O)cc2)C(=O)c2ccc(OC(F)(F)F)cc2)CC1. The van der Waals surface area contributed by atoms with Gasteiger partial charge in [-0.25, -0.2) is 10.2 Å². The van der Waals surface area contributed by atoms with Crippen LogP contribution in [0.3, 0.4) is 0 Å². The molecule has 2 aromatic rings. The van der Waals surface area contributed by atoms with Gasteiger partial charge in [0.2, 0.25) is 0 Å². The minimum Gasteiger partial charge on any atom is -0.478 e. The van der Waals surface area contributed by atoms with Gasteiger partial charge >= 0.3 is 12.3 Å². The highest BCUT2D eigenvalue weighted by Gasteiger charge is 2.34. The van der Waals surface area contributed by atoms with Crippen molar-refractivity contribution in [2.45, 2.75) is 65.4 Å². The van der Waals surface area contributed by atoms with Crippen LogP contribution in [-0.2, 0) is 6.54 Å². The van der Waals surface area contributed by atoms with Gasteiger partial charge < -0.3 is 9.84 Å². The summed E-state index contributed by atoms with van der Waals surface area (Å²) in [5, 5.41) is 10.7. The number of hydrazine groups is 1. The summed E-state index contributed by atoms with van der Waals surface area (Å²) in [6.07, 6.45) is -1.28. The third kappa shape index (κ3) is 7.45. The highest BCUT2D eigenvalue weighted by molar-refractivity contribution is 5.94. The number of hydrogen-bond donors (Lipinski definition) is 2. The van der Waals surface area contributed by atoms with E-state index in [4.69, 9.17) is 5.11 Å². The number of benzene rings is 2. The molecule has 2 N–H and O–H groups in total. The average Bonchev–Trinajstić information content (AvgIpc) is 2.78. The van der Waals surface area contributed by atoms with Crippen LogP contribution in [0.2, 0.25) is 0 Å². The number of halogens is 3. The molecular formula is C26H31F3N2O4. The molecule has 6 nitrogen and oxygen atoms in total. The molecule has 35 heavy (non-hydrogen) atoms. The predicted molar refractivity (Wildman–Crippen MR) is 125 cm³/mol. The highest BCUT2D eigenvalue weighted by atomic mass is 19.4. The van der Waals surface area contributed by atoms with Crippen LogP contribution in [0.5, 0.6) is 5.75 Å². The molecule has 1 saturated carbocycles. The summed E-state index contributed by atoms with van der Waals surface area (Å²) in [5.74, 6) is -1.21. The predicted octanol–water partition coefficient (Wildman–Crippen LogP) is 6.04. The van der Waals surface area contributed by atoms with E-state index < -0.39 is 18.1 Å². The Morgan fingerprint density at radius 2 is 1.49 bits per heavy atom. The van der Waals surface area contributed by atoms with Gasteiger partial charge in [0.25, 0.3) is 5.91 Å². The number of hydrogen-bond acceptors (Lipinski definition) is 4. The zero-order valence-corrected chi connectivity index (χ0v) is 20.1. The quantitative estimate of drug-likeness (QED) is 0.461. The Morgan fingerprint density at radius 3 is 1.97 bits per heavy atom. The maximum Gasteiger partial charge on any atom is 0.573 e. The molecule has 0 radical (unpaired) electrons. The molecule has 0 spiro atoms. The molecule has 190 valence electrons. The molecule has 1 aliphatic carbocycles. The van der Waals surface area contributed by atoms with Crippen molar-refractivity contribution >= 4 is 11.9 Å². The normalized spacial score (nSPS) is 18.7. The largest absolute Gasteiger partial charge is 0.573 e. The van der Waals surface area contributed by atoms with Gasteiger partial charge in [-0.05, 0) is 79.0 Å². The Kier molecular flexibility index (Phi) is 8.10. The van der Waals surface area contributed by atoms with Crippen molar-refractivity contribution in [2.75, 3.05) is 0 Å². The lowest BCUT2D eigenvalue weighted by atomic mass is 9.71. The minimum absolute atomic E-state index is 0.0782. The molecule has 0 atom stereocenters. The van der Waals surface area contributed by atoms with Crippen LogP contribution in [0, 0.1) is 11.3 Å². The van der Waals surface area contributed by atoms with Crippen molar-refractivity contribution in [1.82, 2.24) is 10.4 Å². The van der Waals surface area contributed by atoms with E-state index in [0.29, 0.717) is 12.5 Å². The smallest absolute Gasteiger partial charge is 0.478 e. The molecule has 0 aliphatic heterocycles. The molecule has 9 heteroatoms. The van der Waals surface area contributed by atoms with Crippen LogP contribution in [-0.4, -0.2) is 34.4 Å². The second kappa shape index (κ2) is 10.7. The highest BCUT2D eigenvalue weighted by Crippen LogP contribution is 2.39. The number of alkyl halides is 3. The Morgan fingerprint density at radius 1 is 0.943 bits per heavy atom. The lowest BCUT2D eigenvalue weighted by Crippen LogP contribution is -2.51. The first-order valence-corrected chi connectivity index (χ1v) is 11.6. The molecule has 0 bridgehead atoms. The molecule has 0 heterocycles. The summed E-state index contributed by atoms with van der Waals surface area (Å²) in [6, 6.07) is 11.2. The third-order valence-electron chi connectivity index (χ3n) is 6.49. The van der Waals surface area contributed by atoms with Gasteiger partial charge in [-0.3, -0.25) is 9.80 Å². The van der Waals surface area contributed by atoms with Gasteiger partial charge in [-0.2, -0.15) is 0 Å². The van der Waals surface area contributed by atoms with Crippen LogP contribution in [0.1, 0.15) is 72.7 Å². The van der Waals surface area contributed by atoms with Gasteiger partial charge in [-0.1, -0.05) is 32.9 Å². The van der Waals surface area contributed by atoms with Gasteiger partial charge in [-0.15, -0.1) is 13.2 Å². The zero-order chi connectivity index (χ0) is 25.8. The summed E-state index contributed by atoms with van der Waals surface area (Å²) >= 11 is 0. The Hall–Kier alpha value is -3.07. The second-order valence-corrected chi connectivity index (χ2v) is 9.96. The Bertz CT molecular complexity index is 1010. The van der Waals surface area contributed by atoms with Crippen molar-refractivity contribution in [2.24, 2.45) is 11.3 Å². The number of carboxylic acids is 1. The molecular weight excluding hydrogens is 461 g/mol. The van der Waals surface area contributed by atoms with Crippen molar-refractivity contribution in [1.29, 1.82) is 0 Å². The number of ether oxygens (including phenoxy) is 1. The molecule has 0 aromatic heterocycles. The fraction of sp³-hybridized carbons (Fsp3) is 0.462. The van der Waals surface area contributed by atoms with E-state index in [1.807, 2.05) is 0 Å². The number of carbonyl (C=O) groups is 2. The van der Waals surface area contributed by atoms with E-state index in [-0.39, 0.29) is 28.5 Å². The molecule has 1 aliphatic rings. The average molecular weight is 493 g/mol. The number of nitrogens with zero attached hydrogens (tertiary/aromatic N) is 1. The minimum atomic E-state index is -4.80. The van der Waals surface area contributed by atoms with Crippen molar-refractivity contribution in [3.05, 3.63) is 65.2 Å². The Labute approximate surface area is 203 Å². The molecule has 1 amide bonds. The van der Waals surface area contributed by atoms with E-state index >= 15 is 0 Å². The summed E-state index contributed by atoms with van der Waals surface area (Å²) in [4.78, 5) is 24.5. The zero-order valence-electron chi connectivity index (χ0n) is 20.1. The van der Waals surface area contributed by atoms with Crippen LogP contribution in [0.25, 0.3) is 0 Å². The molecule has 2 aromatic carbocycles. The number of carboxylic acid groups (broad SMARTS) is 1. The van der Waals surface area contributed by atoms with E-state index in [2.05, 4.69) is 30.9 Å². The lowest BCUT2D eigenvalue weighted by molar-refractivity contribution is -0.274. The second-order valence-electron chi connectivity index (χ2n) is 9.96. The summed E-state index contributed by atoms with van der Waals surface area (Å²) in [6.45, 7) is 6.93. The third-order valence-corrected chi connectivity index (χ3v) is 6.49. The number of carbonyl (C=O) groups excluding carboxylic acids is 1. The number of aromatic carboxylic acids is 1. The van der Waals surface area contributed by atoms with E-state index in [9.17, 15) is 22.8 Å². The monoisotopic (exact) mass is 492 g/mol. The van der Waals surface area contributed by atoms with Gasteiger partial charge in [0.1, 0.15) is 5.75 Å². The number of rotatable bonds is 7. The first-order chi connectivity index (χ1) is 16.3. The first kappa shape index (κ1) is 26.5. The van der Waals surface area contributed by atoms with Crippen LogP contribution in [0.15, 0.2) is 48.5 Å². The molecule has 0 saturated heterocycles. The van der Waals surface area contributed by atoms with Gasteiger partial charge in [0.05, 0.1) is 5.56 Å². The van der Waals surface area contributed by atoms with Gasteiger partial charge in [0.15, 0.2) is 0 Å². The first-order valence-electron chi connectivity index (χ1n) is 11.6. The summed E-state index contributed by atoms with van der Waals surface area (Å²) in [5.41, 5.74) is 4.57. The number of nitrogens with one attached hydrogen (secondary N) is 1. The van der Waals surface area contributed by atoms with Crippen LogP contribution in [0.4, 0.5) is 13.2 Å². The fourth-order valence-electron chi connectivity index (χ4n) is 4.45. The summed E-state index contributed by atoms with van der Waals surface area (Å²) < 4.78 is 41.3. The van der Waals surface area contributed by atoms with E-state index in [0.717, 1.165) is 43.4 Å². The summed E-state index contributed by atoms with van der Waals surface area (Å²) in [7, 11) is 0. The lowest BCUT2D eigenvalue weighted by Gasteiger charge is -2.41. The maximum atomic E-state index is 13.4. The van der Waals surface area contributed by atoms with Crippen molar-refractivity contribution in [3.8, 4) is 5.75 Å².